The number of hydrazine groups is 1. The Morgan fingerprint density at radius 1 is 1.04 bits per heavy atom. The Morgan fingerprint density at radius 2 is 1.68 bits per heavy atom. The van der Waals surface area contributed by atoms with Crippen molar-refractivity contribution >= 4 is 23.5 Å². The summed E-state index contributed by atoms with van der Waals surface area (Å²) in [7, 11) is 9.33. The van der Waals surface area contributed by atoms with Crippen molar-refractivity contribution in [1.29, 1.82) is 0 Å². The molecule has 3 aliphatic heterocycles. The first-order valence-electron chi connectivity index (χ1n) is 18.9. The van der Waals surface area contributed by atoms with Crippen LogP contribution < -0.4 is 10.3 Å². The number of cyclic esters (lactones) is 1. The summed E-state index contributed by atoms with van der Waals surface area (Å²) in [6, 6.07) is 6.91. The van der Waals surface area contributed by atoms with Gasteiger partial charge in [0, 0.05) is 62.8 Å². The van der Waals surface area contributed by atoms with Gasteiger partial charge in [0.1, 0.15) is 24.0 Å². The van der Waals surface area contributed by atoms with Crippen molar-refractivity contribution in [3.05, 3.63) is 41.5 Å². The zero-order valence-electron chi connectivity index (χ0n) is 34.0. The van der Waals surface area contributed by atoms with Gasteiger partial charge in [-0.25, -0.2) is 20.0 Å². The van der Waals surface area contributed by atoms with Gasteiger partial charge in [0.25, 0.3) is 0 Å². The third-order valence-electron chi connectivity index (χ3n) is 11.6. The predicted molar refractivity (Wildman–Crippen MR) is 202 cm³/mol. The van der Waals surface area contributed by atoms with Gasteiger partial charge in [-0.3, -0.25) is 4.79 Å². The lowest BCUT2D eigenvalue weighted by atomic mass is 9.74. The Balaban J connectivity index is 1.74. The average molecular weight is 745 g/mol. The van der Waals surface area contributed by atoms with Gasteiger partial charge in [0.15, 0.2) is 11.9 Å². The molecule has 13 heteroatoms. The molecule has 3 heterocycles. The minimum absolute atomic E-state index is 0.114. The van der Waals surface area contributed by atoms with Crippen LogP contribution >= 0.6 is 0 Å². The highest BCUT2D eigenvalue weighted by Crippen LogP contribution is 2.42. The smallest absolute Gasteiger partial charge is 0.425 e. The van der Waals surface area contributed by atoms with Gasteiger partial charge in [-0.2, -0.15) is 0 Å². The molecule has 2 N–H and O–H groups in total. The molecule has 12 atom stereocenters. The normalized spacial score (nSPS) is 38.4. The number of hydrogen-bond donors (Lipinski definition) is 2. The maximum absolute atomic E-state index is 14.6. The number of ketones is 1. The molecule has 0 aliphatic carbocycles. The van der Waals surface area contributed by atoms with Gasteiger partial charge < -0.3 is 38.6 Å². The van der Waals surface area contributed by atoms with E-state index < -0.39 is 71.7 Å². The Hall–Kier alpha value is -3.07. The molecule has 0 bridgehead atoms. The van der Waals surface area contributed by atoms with Crippen molar-refractivity contribution in [3.8, 4) is 0 Å². The van der Waals surface area contributed by atoms with E-state index in [0.717, 1.165) is 11.3 Å². The number of methoxy groups -OCH3 is 1. The van der Waals surface area contributed by atoms with Gasteiger partial charge in [0.05, 0.1) is 17.8 Å². The number of rotatable bonds is 9. The molecule has 4 rings (SSSR count). The molecule has 1 aromatic carbocycles. The van der Waals surface area contributed by atoms with Crippen LogP contribution in [0.2, 0.25) is 0 Å². The highest BCUT2D eigenvalue weighted by molar-refractivity contribution is 5.88. The predicted octanol–water partition coefficient (Wildman–Crippen LogP) is 4.70. The molecule has 53 heavy (non-hydrogen) atoms. The number of carbonyl (C=O) groups is 3. The minimum atomic E-state index is -1.36. The summed E-state index contributed by atoms with van der Waals surface area (Å²) in [6.45, 7) is 15.0. The van der Waals surface area contributed by atoms with Crippen LogP contribution in [0.5, 0.6) is 0 Å². The van der Waals surface area contributed by atoms with Gasteiger partial charge in [-0.05, 0) is 78.7 Å². The molecule has 298 valence electrons. The number of anilines is 1. The van der Waals surface area contributed by atoms with E-state index >= 15 is 0 Å². The number of ether oxygens (including phenoxy) is 5. The van der Waals surface area contributed by atoms with E-state index in [1.165, 1.54) is 5.01 Å². The molecule has 0 radical (unpaired) electrons. The van der Waals surface area contributed by atoms with E-state index in [1.807, 2.05) is 96.9 Å². The Labute approximate surface area is 316 Å². The van der Waals surface area contributed by atoms with Crippen LogP contribution in [0.15, 0.2) is 35.9 Å². The second-order valence-corrected chi connectivity index (χ2v) is 16.2. The van der Waals surface area contributed by atoms with Gasteiger partial charge in [-0.1, -0.05) is 45.9 Å². The molecule has 2 fully saturated rings. The molecule has 0 saturated carbocycles. The first kappa shape index (κ1) is 42.7. The Bertz CT molecular complexity index is 1470. The van der Waals surface area contributed by atoms with E-state index in [0.29, 0.717) is 25.0 Å². The number of fused-ring (bicyclic) bond motifs is 1. The third-order valence-corrected chi connectivity index (χ3v) is 11.6. The summed E-state index contributed by atoms with van der Waals surface area (Å²) in [5.74, 6) is -2.45. The van der Waals surface area contributed by atoms with E-state index in [1.54, 1.807) is 34.0 Å². The van der Waals surface area contributed by atoms with E-state index in [4.69, 9.17) is 23.7 Å². The highest BCUT2D eigenvalue weighted by atomic mass is 16.7. The Morgan fingerprint density at radius 3 is 2.25 bits per heavy atom. The largest absolute Gasteiger partial charge is 0.455 e. The number of amides is 1. The zero-order chi connectivity index (χ0) is 39.6. The van der Waals surface area contributed by atoms with E-state index in [-0.39, 0.29) is 24.3 Å². The quantitative estimate of drug-likeness (QED) is 0.339. The SMILES string of the molecule is CC[C@H]1OC(=O)/C(C)=C/[C@H](C)[C@@H](O[C@@H]2O[C@H](C)C[C@H](N(C)C)[C@H]2O)[C@@](C)(OC)C[C@@H](C)C(=O)[C@H](C)[C@H]2N(NCc3ccc(N(C)C)cc3)C(=O)O[C@]12C. The molecule has 13 nitrogen and oxygen atoms in total. The fourth-order valence-corrected chi connectivity index (χ4v) is 8.52. The number of Topliss-reactive ketones (excluding diaryl/α,β-unsaturated/α-hetero) is 1. The average Bonchev–Trinajstić information content (AvgIpc) is 3.37. The standard InChI is InChI=1S/C40H64N4O9/c1-14-31-40(8)34(44(38(48)53-40)41-22-28-15-17-29(18-16-28)42(9)10)27(6)32(45)25(4)21-39(7,49-13)35(23(2)19-24(3)36(47)51-31)52-37-33(46)30(43(11)12)20-26(5)50-37/h15-19,23,25-27,30-31,33-35,37,41,46H,14,20-22H2,1-13H3/b24-19+/t23-,25+,26+,27-,30-,31+,33+,34+,35+,37-,39-,40+/m0/s1. The van der Waals surface area contributed by atoms with Crippen LogP contribution in [0.25, 0.3) is 0 Å². The summed E-state index contributed by atoms with van der Waals surface area (Å²) < 4.78 is 31.4. The number of nitrogens with zero attached hydrogens (tertiary/aromatic N) is 3. The lowest BCUT2D eigenvalue weighted by Gasteiger charge is -2.46. The van der Waals surface area contributed by atoms with E-state index in [9.17, 15) is 19.5 Å². The number of carbonyl (C=O) groups excluding carboxylic acids is 3. The molecule has 0 spiro atoms. The topological polar surface area (TPSA) is 139 Å². The first-order chi connectivity index (χ1) is 24.8. The highest BCUT2D eigenvalue weighted by Gasteiger charge is 2.60. The van der Waals surface area contributed by atoms with Crippen molar-refractivity contribution < 1.29 is 43.2 Å². The van der Waals surface area contributed by atoms with Crippen LogP contribution in [-0.4, -0.2) is 122 Å². The molecule has 0 unspecified atom stereocenters. The lowest BCUT2D eigenvalue weighted by Crippen LogP contribution is -2.60. The minimum Gasteiger partial charge on any atom is -0.455 e. The number of esters is 1. The second-order valence-electron chi connectivity index (χ2n) is 16.2. The summed E-state index contributed by atoms with van der Waals surface area (Å²) in [5, 5.41) is 12.8. The van der Waals surface area contributed by atoms with Crippen LogP contribution in [0.1, 0.15) is 80.2 Å². The number of aliphatic hydroxyl groups is 1. The number of likely N-dealkylation sites (N-methyl/N-ethyl adjacent to an activating group) is 1. The summed E-state index contributed by atoms with van der Waals surface area (Å²) in [5.41, 5.74) is 3.11. The lowest BCUT2D eigenvalue weighted by molar-refractivity contribution is -0.294. The van der Waals surface area contributed by atoms with Crippen molar-refractivity contribution in [2.24, 2.45) is 17.8 Å². The van der Waals surface area contributed by atoms with E-state index in [2.05, 4.69) is 5.43 Å². The number of aliphatic hydroxyl groups excluding tert-OH is 1. The molecule has 2 saturated heterocycles. The maximum Gasteiger partial charge on any atom is 0.425 e. The first-order valence-corrected chi connectivity index (χ1v) is 18.9. The summed E-state index contributed by atoms with van der Waals surface area (Å²) >= 11 is 0. The van der Waals surface area contributed by atoms with Crippen molar-refractivity contribution in [1.82, 2.24) is 15.3 Å². The molecular weight excluding hydrogens is 680 g/mol. The fraction of sp³-hybridized carbons (Fsp3) is 0.725. The van der Waals surface area contributed by atoms with Crippen LogP contribution in [0.4, 0.5) is 10.5 Å². The molecular formula is C40H64N4O9. The fourth-order valence-electron chi connectivity index (χ4n) is 8.52. The number of benzene rings is 1. The van der Waals surface area contributed by atoms with Gasteiger partial charge in [0.2, 0.25) is 0 Å². The molecule has 1 aromatic rings. The molecule has 3 aliphatic rings. The van der Waals surface area contributed by atoms with Crippen LogP contribution in [0.3, 0.4) is 0 Å². The monoisotopic (exact) mass is 744 g/mol. The number of hydrogen-bond acceptors (Lipinski definition) is 12. The Kier molecular flexibility index (Phi) is 13.8. The summed E-state index contributed by atoms with van der Waals surface area (Å²) in [6.07, 6.45) is -1.41. The zero-order valence-corrected chi connectivity index (χ0v) is 34.0. The molecule has 0 aromatic heterocycles. The van der Waals surface area contributed by atoms with Crippen molar-refractivity contribution in [2.45, 2.75) is 135 Å². The third kappa shape index (κ3) is 9.08. The summed E-state index contributed by atoms with van der Waals surface area (Å²) in [4.78, 5) is 46.2. The second kappa shape index (κ2) is 17.2. The van der Waals surface area contributed by atoms with Gasteiger partial charge >= 0.3 is 12.1 Å². The maximum atomic E-state index is 14.6. The van der Waals surface area contributed by atoms with Crippen LogP contribution in [-0.2, 0) is 39.8 Å². The van der Waals surface area contributed by atoms with Gasteiger partial charge in [-0.15, -0.1) is 0 Å². The molecule has 1 amide bonds. The van der Waals surface area contributed by atoms with Crippen molar-refractivity contribution in [3.63, 3.8) is 0 Å². The van der Waals surface area contributed by atoms with Crippen LogP contribution in [0, 0.1) is 17.8 Å². The number of nitrogens with one attached hydrogen (secondary N) is 1. The van der Waals surface area contributed by atoms with Crippen molar-refractivity contribution in [2.75, 3.05) is 40.2 Å².